The summed E-state index contributed by atoms with van der Waals surface area (Å²) >= 11 is 0. The first-order valence-electron chi connectivity index (χ1n) is 5.46. The van der Waals surface area contributed by atoms with Crippen LogP contribution in [0.25, 0.3) is 5.70 Å². The van der Waals surface area contributed by atoms with Crippen LogP contribution in [0.3, 0.4) is 0 Å². The molecule has 3 heteroatoms. The van der Waals surface area contributed by atoms with Crippen molar-refractivity contribution in [2.75, 3.05) is 6.54 Å². The zero-order valence-corrected chi connectivity index (χ0v) is 9.26. The maximum Gasteiger partial charge on any atom is 0.411 e. The van der Waals surface area contributed by atoms with Gasteiger partial charge in [-0.1, -0.05) is 43.3 Å². The number of hydrogen-bond acceptors (Lipinski definition) is 1. The Kier molecular flexibility index (Phi) is 2.95. The van der Waals surface area contributed by atoms with Crippen molar-refractivity contribution in [2.45, 2.75) is 13.3 Å². The monoisotopic (exact) mass is 217 g/mol. The van der Waals surface area contributed by atoms with Gasteiger partial charge in [-0.05, 0) is 17.9 Å². The van der Waals surface area contributed by atoms with E-state index in [-0.39, 0.29) is 0 Å². The van der Waals surface area contributed by atoms with Gasteiger partial charge in [0.1, 0.15) is 0 Å². The van der Waals surface area contributed by atoms with Crippen molar-refractivity contribution in [2.24, 2.45) is 5.92 Å². The third-order valence-corrected chi connectivity index (χ3v) is 2.84. The van der Waals surface area contributed by atoms with Crippen molar-refractivity contribution in [3.8, 4) is 0 Å². The first kappa shape index (κ1) is 10.7. The Balaban J connectivity index is 2.38. The first-order valence-corrected chi connectivity index (χ1v) is 5.46. The van der Waals surface area contributed by atoms with E-state index in [9.17, 15) is 4.79 Å². The fraction of sp³-hybridized carbons (Fsp3) is 0.308. The highest BCUT2D eigenvalue weighted by molar-refractivity contribution is 5.81. The van der Waals surface area contributed by atoms with Crippen LogP contribution < -0.4 is 0 Å². The molecule has 0 fully saturated rings. The van der Waals surface area contributed by atoms with E-state index in [1.165, 1.54) is 4.90 Å². The van der Waals surface area contributed by atoms with E-state index in [4.69, 9.17) is 5.11 Å². The molecule has 0 saturated carbocycles. The molecule has 84 valence electrons. The number of hydrogen-bond donors (Lipinski definition) is 1. The van der Waals surface area contributed by atoms with Gasteiger partial charge in [-0.25, -0.2) is 4.79 Å². The number of amides is 1. The lowest BCUT2D eigenvalue weighted by atomic mass is 9.98. The van der Waals surface area contributed by atoms with Gasteiger partial charge in [0.25, 0.3) is 0 Å². The summed E-state index contributed by atoms with van der Waals surface area (Å²) in [5.41, 5.74) is 1.78. The number of carbonyl (C=O) groups is 1. The molecule has 0 saturated heterocycles. The molecule has 0 aromatic heterocycles. The van der Waals surface area contributed by atoms with Crippen LogP contribution in [0, 0.1) is 5.92 Å². The van der Waals surface area contributed by atoms with E-state index < -0.39 is 6.09 Å². The van der Waals surface area contributed by atoms with Gasteiger partial charge >= 0.3 is 6.09 Å². The van der Waals surface area contributed by atoms with E-state index in [0.29, 0.717) is 12.5 Å². The fourth-order valence-electron chi connectivity index (χ4n) is 1.96. The Morgan fingerprint density at radius 1 is 1.38 bits per heavy atom. The standard InChI is InChI=1S/C13H15NO2/c1-10-7-8-14(13(15)16)12(9-10)11-5-3-2-4-6-11/h2-6,9-10H,7-8H2,1H3,(H,15,16). The van der Waals surface area contributed by atoms with Gasteiger partial charge in [-0.15, -0.1) is 0 Å². The minimum atomic E-state index is -0.873. The van der Waals surface area contributed by atoms with Crippen molar-refractivity contribution in [3.63, 3.8) is 0 Å². The minimum absolute atomic E-state index is 0.436. The van der Waals surface area contributed by atoms with Gasteiger partial charge in [0, 0.05) is 6.54 Å². The molecule has 1 heterocycles. The van der Waals surface area contributed by atoms with Crippen LogP contribution in [-0.4, -0.2) is 22.6 Å². The predicted molar refractivity (Wildman–Crippen MR) is 62.9 cm³/mol. The van der Waals surface area contributed by atoms with Crippen LogP contribution >= 0.6 is 0 Å². The van der Waals surface area contributed by atoms with Crippen molar-refractivity contribution in [3.05, 3.63) is 42.0 Å². The van der Waals surface area contributed by atoms with E-state index in [0.717, 1.165) is 17.7 Å². The highest BCUT2D eigenvalue weighted by Gasteiger charge is 2.23. The zero-order chi connectivity index (χ0) is 11.5. The third-order valence-electron chi connectivity index (χ3n) is 2.84. The van der Waals surface area contributed by atoms with E-state index in [1.54, 1.807) is 0 Å². The molecule has 0 aliphatic carbocycles. The topological polar surface area (TPSA) is 40.5 Å². The van der Waals surface area contributed by atoms with Crippen LogP contribution in [0.2, 0.25) is 0 Å². The molecule has 1 atom stereocenters. The summed E-state index contributed by atoms with van der Waals surface area (Å²) in [6.07, 6.45) is 2.05. The van der Waals surface area contributed by atoms with Gasteiger partial charge in [-0.2, -0.15) is 0 Å². The highest BCUT2D eigenvalue weighted by Crippen LogP contribution is 2.27. The molecule has 3 nitrogen and oxygen atoms in total. The van der Waals surface area contributed by atoms with Gasteiger partial charge in [0.05, 0.1) is 5.70 Å². The lowest BCUT2D eigenvalue weighted by molar-refractivity contribution is 0.163. The van der Waals surface area contributed by atoms with Crippen molar-refractivity contribution in [1.29, 1.82) is 0 Å². The molecule has 1 aliphatic heterocycles. The molecule has 2 rings (SSSR count). The number of benzene rings is 1. The van der Waals surface area contributed by atoms with Gasteiger partial charge in [0.15, 0.2) is 0 Å². The largest absolute Gasteiger partial charge is 0.465 e. The van der Waals surface area contributed by atoms with E-state index in [2.05, 4.69) is 6.92 Å². The maximum atomic E-state index is 11.1. The summed E-state index contributed by atoms with van der Waals surface area (Å²) < 4.78 is 0. The molecular weight excluding hydrogens is 202 g/mol. The average molecular weight is 217 g/mol. The SMILES string of the molecule is CC1C=C(c2ccccc2)N(C(=O)O)CC1. The first-order chi connectivity index (χ1) is 7.68. The lowest BCUT2D eigenvalue weighted by Gasteiger charge is -2.29. The molecule has 1 N–H and O–H groups in total. The molecule has 16 heavy (non-hydrogen) atoms. The average Bonchev–Trinajstić information content (AvgIpc) is 2.29. The third kappa shape index (κ3) is 2.08. The molecule has 0 radical (unpaired) electrons. The van der Waals surface area contributed by atoms with Gasteiger partial charge < -0.3 is 5.11 Å². The van der Waals surface area contributed by atoms with E-state index in [1.807, 2.05) is 36.4 Å². The van der Waals surface area contributed by atoms with E-state index >= 15 is 0 Å². The Labute approximate surface area is 95.0 Å². The predicted octanol–water partition coefficient (Wildman–Crippen LogP) is 3.05. The van der Waals surface area contributed by atoms with Crippen molar-refractivity contribution >= 4 is 11.8 Å². The Morgan fingerprint density at radius 3 is 2.69 bits per heavy atom. The molecule has 1 aromatic rings. The molecular formula is C13H15NO2. The number of rotatable bonds is 1. The summed E-state index contributed by atoms with van der Waals surface area (Å²) in [5.74, 6) is 0.436. The molecule has 1 unspecified atom stereocenters. The summed E-state index contributed by atoms with van der Waals surface area (Å²) in [6.45, 7) is 2.69. The minimum Gasteiger partial charge on any atom is -0.465 e. The quantitative estimate of drug-likeness (QED) is 0.785. The normalized spacial score (nSPS) is 20.4. The smallest absolute Gasteiger partial charge is 0.411 e. The van der Waals surface area contributed by atoms with Gasteiger partial charge in [0.2, 0.25) is 0 Å². The zero-order valence-electron chi connectivity index (χ0n) is 9.26. The maximum absolute atomic E-state index is 11.1. The number of allylic oxidation sites excluding steroid dienone is 1. The summed E-state index contributed by atoms with van der Waals surface area (Å²) in [7, 11) is 0. The van der Waals surface area contributed by atoms with Crippen LogP contribution in [0.5, 0.6) is 0 Å². The molecule has 1 aromatic carbocycles. The summed E-state index contributed by atoms with van der Waals surface area (Å²) in [5, 5.41) is 9.14. The van der Waals surface area contributed by atoms with Crippen LogP contribution in [0.15, 0.2) is 36.4 Å². The Hall–Kier alpha value is -1.77. The number of nitrogens with zero attached hydrogens (tertiary/aromatic N) is 1. The fourth-order valence-corrected chi connectivity index (χ4v) is 1.96. The lowest BCUT2D eigenvalue weighted by Crippen LogP contribution is -2.32. The molecule has 0 bridgehead atoms. The molecule has 1 aliphatic rings. The Morgan fingerprint density at radius 2 is 2.06 bits per heavy atom. The van der Waals surface area contributed by atoms with Crippen molar-refractivity contribution in [1.82, 2.24) is 4.90 Å². The van der Waals surface area contributed by atoms with Crippen LogP contribution in [0.4, 0.5) is 4.79 Å². The second-order valence-corrected chi connectivity index (χ2v) is 4.12. The van der Waals surface area contributed by atoms with Crippen molar-refractivity contribution < 1.29 is 9.90 Å². The van der Waals surface area contributed by atoms with Gasteiger partial charge in [-0.3, -0.25) is 4.90 Å². The highest BCUT2D eigenvalue weighted by atomic mass is 16.4. The molecule has 1 amide bonds. The summed E-state index contributed by atoms with van der Waals surface area (Å²) in [4.78, 5) is 12.6. The van der Waals surface area contributed by atoms with Crippen LogP contribution in [0.1, 0.15) is 18.9 Å². The Bertz CT molecular complexity index is 411. The number of carboxylic acid groups (broad SMARTS) is 1. The summed E-state index contributed by atoms with van der Waals surface area (Å²) in [6, 6.07) is 9.67. The van der Waals surface area contributed by atoms with Crippen LogP contribution in [-0.2, 0) is 0 Å². The molecule has 0 spiro atoms. The second kappa shape index (κ2) is 4.39. The second-order valence-electron chi connectivity index (χ2n) is 4.12.